The van der Waals surface area contributed by atoms with Crippen LogP contribution in [-0.4, -0.2) is 53.9 Å². The molecule has 1 saturated heterocycles. The molecular weight excluding hydrogens is 424 g/mol. The largest absolute Gasteiger partial charge is 0.426 e. The highest BCUT2D eigenvalue weighted by Crippen LogP contribution is 2.29. The second-order valence-corrected chi connectivity index (χ2v) is 8.21. The van der Waals surface area contributed by atoms with Crippen LogP contribution in [0.15, 0.2) is 36.4 Å². The topological polar surface area (TPSA) is 85.4 Å². The van der Waals surface area contributed by atoms with Crippen molar-refractivity contribution in [3.8, 4) is 17.2 Å². The maximum atomic E-state index is 11.4. The standard InChI is InChI=1S/C25H30N2O6/c1-17-13-21(5-7-23(17)31-18(2)28)15-26-9-11-27(12-10-26)16-22-6-8-24(32-19(3)29)25(14-22)33-20(4)30/h5-8,13-14H,9-12,15-16H2,1-4H3. The van der Waals surface area contributed by atoms with Gasteiger partial charge >= 0.3 is 17.9 Å². The number of hydrogen-bond donors (Lipinski definition) is 0. The number of aryl methyl sites for hydroxylation is 1. The van der Waals surface area contributed by atoms with Crippen LogP contribution in [0.25, 0.3) is 0 Å². The molecule has 2 aromatic carbocycles. The summed E-state index contributed by atoms with van der Waals surface area (Å²) in [5, 5.41) is 0. The van der Waals surface area contributed by atoms with Crippen LogP contribution in [0.4, 0.5) is 0 Å². The minimum Gasteiger partial charge on any atom is -0.426 e. The van der Waals surface area contributed by atoms with Gasteiger partial charge in [-0.05, 0) is 41.8 Å². The van der Waals surface area contributed by atoms with E-state index in [4.69, 9.17) is 14.2 Å². The van der Waals surface area contributed by atoms with Gasteiger partial charge in [-0.25, -0.2) is 0 Å². The van der Waals surface area contributed by atoms with Gasteiger partial charge in [-0.15, -0.1) is 0 Å². The monoisotopic (exact) mass is 454 g/mol. The highest BCUT2D eigenvalue weighted by Gasteiger charge is 2.19. The first-order valence-corrected chi connectivity index (χ1v) is 10.9. The summed E-state index contributed by atoms with van der Waals surface area (Å²) in [5.41, 5.74) is 3.11. The van der Waals surface area contributed by atoms with Gasteiger partial charge in [-0.2, -0.15) is 0 Å². The van der Waals surface area contributed by atoms with Crippen LogP contribution in [0.5, 0.6) is 17.2 Å². The van der Waals surface area contributed by atoms with Crippen LogP contribution >= 0.6 is 0 Å². The van der Waals surface area contributed by atoms with Crippen molar-refractivity contribution in [2.75, 3.05) is 26.2 Å². The van der Waals surface area contributed by atoms with E-state index in [1.807, 2.05) is 25.1 Å². The summed E-state index contributed by atoms with van der Waals surface area (Å²) < 4.78 is 15.6. The molecule has 1 heterocycles. The molecule has 1 fully saturated rings. The Hall–Kier alpha value is -3.23. The molecule has 0 atom stereocenters. The minimum atomic E-state index is -0.469. The molecule has 0 aliphatic carbocycles. The summed E-state index contributed by atoms with van der Waals surface area (Å²) in [7, 11) is 0. The molecule has 33 heavy (non-hydrogen) atoms. The third kappa shape index (κ3) is 7.40. The molecule has 0 N–H and O–H groups in total. The first kappa shape index (κ1) is 24.4. The molecule has 0 amide bonds. The number of benzene rings is 2. The van der Waals surface area contributed by atoms with Crippen molar-refractivity contribution >= 4 is 17.9 Å². The van der Waals surface area contributed by atoms with Gasteiger partial charge in [0.25, 0.3) is 0 Å². The van der Waals surface area contributed by atoms with E-state index in [0.29, 0.717) is 12.3 Å². The van der Waals surface area contributed by atoms with E-state index in [0.717, 1.165) is 43.9 Å². The fraction of sp³-hybridized carbons (Fsp3) is 0.400. The number of carbonyl (C=O) groups excluding carboxylic acids is 3. The molecule has 3 rings (SSSR count). The van der Waals surface area contributed by atoms with E-state index in [1.54, 1.807) is 12.1 Å². The van der Waals surface area contributed by atoms with Gasteiger partial charge in [-0.3, -0.25) is 24.2 Å². The molecule has 0 radical (unpaired) electrons. The molecule has 1 aliphatic heterocycles. The molecule has 0 saturated carbocycles. The third-order valence-corrected chi connectivity index (χ3v) is 5.29. The lowest BCUT2D eigenvalue weighted by atomic mass is 10.1. The lowest BCUT2D eigenvalue weighted by molar-refractivity contribution is -0.134. The predicted molar refractivity (Wildman–Crippen MR) is 122 cm³/mol. The molecular formula is C25H30N2O6. The Morgan fingerprint density at radius 2 is 1.09 bits per heavy atom. The highest BCUT2D eigenvalue weighted by molar-refractivity contribution is 5.73. The van der Waals surface area contributed by atoms with E-state index in [9.17, 15) is 14.4 Å². The Bertz CT molecular complexity index is 1030. The summed E-state index contributed by atoms with van der Waals surface area (Å²) in [6.45, 7) is 11.2. The van der Waals surface area contributed by atoms with Crippen molar-refractivity contribution in [2.45, 2.75) is 40.8 Å². The Balaban J connectivity index is 1.56. The molecule has 8 heteroatoms. The lowest BCUT2D eigenvalue weighted by Crippen LogP contribution is -2.45. The number of rotatable bonds is 7. The number of esters is 3. The van der Waals surface area contributed by atoms with Crippen LogP contribution in [0.1, 0.15) is 37.5 Å². The van der Waals surface area contributed by atoms with E-state index in [1.165, 1.54) is 26.3 Å². The smallest absolute Gasteiger partial charge is 0.308 e. The number of piperazine rings is 1. The molecule has 0 unspecified atom stereocenters. The first-order chi connectivity index (χ1) is 15.7. The molecule has 0 bridgehead atoms. The van der Waals surface area contributed by atoms with Gasteiger partial charge < -0.3 is 14.2 Å². The van der Waals surface area contributed by atoms with E-state index in [2.05, 4.69) is 15.9 Å². The molecule has 176 valence electrons. The van der Waals surface area contributed by atoms with E-state index < -0.39 is 11.9 Å². The Kier molecular flexibility index (Phi) is 8.19. The van der Waals surface area contributed by atoms with Gasteiger partial charge in [-0.1, -0.05) is 18.2 Å². The van der Waals surface area contributed by atoms with Gasteiger partial charge in [0.05, 0.1) is 0 Å². The number of hydrogen-bond acceptors (Lipinski definition) is 8. The molecule has 2 aromatic rings. The molecule has 1 aliphatic rings. The van der Waals surface area contributed by atoms with Gasteiger partial charge in [0.2, 0.25) is 0 Å². The average molecular weight is 455 g/mol. The van der Waals surface area contributed by atoms with Crippen LogP contribution in [0, 0.1) is 6.92 Å². The zero-order chi connectivity index (χ0) is 24.0. The summed E-state index contributed by atoms with van der Waals surface area (Å²) >= 11 is 0. The zero-order valence-corrected chi connectivity index (χ0v) is 19.6. The maximum Gasteiger partial charge on any atom is 0.308 e. The van der Waals surface area contributed by atoms with Crippen molar-refractivity contribution in [1.29, 1.82) is 0 Å². The Morgan fingerprint density at radius 1 is 0.667 bits per heavy atom. The predicted octanol–water partition coefficient (Wildman–Crippen LogP) is 3.09. The third-order valence-electron chi connectivity index (χ3n) is 5.29. The SMILES string of the molecule is CC(=O)Oc1ccc(CN2CCN(Cc3ccc(OC(C)=O)c(OC(C)=O)c3)CC2)cc1C. The fourth-order valence-electron chi connectivity index (χ4n) is 3.83. The summed E-state index contributed by atoms with van der Waals surface area (Å²) in [6, 6.07) is 11.2. The minimum absolute atomic E-state index is 0.237. The zero-order valence-electron chi connectivity index (χ0n) is 19.6. The molecule has 0 aromatic heterocycles. The number of ether oxygens (including phenoxy) is 3. The lowest BCUT2D eigenvalue weighted by Gasteiger charge is -2.35. The van der Waals surface area contributed by atoms with Gasteiger partial charge in [0, 0.05) is 60.0 Å². The normalized spacial score (nSPS) is 14.5. The van der Waals surface area contributed by atoms with Crippen LogP contribution in [-0.2, 0) is 27.5 Å². The van der Waals surface area contributed by atoms with Crippen molar-refractivity contribution in [3.63, 3.8) is 0 Å². The molecule has 0 spiro atoms. The second-order valence-electron chi connectivity index (χ2n) is 8.21. The average Bonchev–Trinajstić information content (AvgIpc) is 2.72. The fourth-order valence-corrected chi connectivity index (χ4v) is 3.83. The maximum absolute atomic E-state index is 11.4. The van der Waals surface area contributed by atoms with E-state index >= 15 is 0 Å². The van der Waals surface area contributed by atoms with Gasteiger partial charge in [0.15, 0.2) is 11.5 Å². The Labute approximate surface area is 194 Å². The number of nitrogens with zero attached hydrogens (tertiary/aromatic N) is 2. The first-order valence-electron chi connectivity index (χ1n) is 10.9. The van der Waals surface area contributed by atoms with Crippen LogP contribution in [0.2, 0.25) is 0 Å². The van der Waals surface area contributed by atoms with E-state index in [-0.39, 0.29) is 17.5 Å². The molecule has 8 nitrogen and oxygen atoms in total. The second kappa shape index (κ2) is 11.1. The number of carbonyl (C=O) groups is 3. The van der Waals surface area contributed by atoms with Crippen molar-refractivity contribution < 1.29 is 28.6 Å². The summed E-state index contributed by atoms with van der Waals surface area (Å²) in [6.07, 6.45) is 0. The van der Waals surface area contributed by atoms with Crippen molar-refractivity contribution in [2.24, 2.45) is 0 Å². The van der Waals surface area contributed by atoms with Crippen LogP contribution < -0.4 is 14.2 Å². The van der Waals surface area contributed by atoms with Gasteiger partial charge in [0.1, 0.15) is 5.75 Å². The van der Waals surface area contributed by atoms with Crippen LogP contribution in [0.3, 0.4) is 0 Å². The summed E-state index contributed by atoms with van der Waals surface area (Å²) in [4.78, 5) is 38.6. The van der Waals surface area contributed by atoms with Crippen molar-refractivity contribution in [1.82, 2.24) is 9.80 Å². The summed E-state index contributed by atoms with van der Waals surface area (Å²) in [5.74, 6) is -0.164. The Morgan fingerprint density at radius 3 is 1.58 bits per heavy atom. The quantitative estimate of drug-likeness (QED) is 0.466. The highest BCUT2D eigenvalue weighted by atomic mass is 16.6. The van der Waals surface area contributed by atoms with Crippen molar-refractivity contribution in [3.05, 3.63) is 53.1 Å².